The predicted octanol–water partition coefficient (Wildman–Crippen LogP) is 2.83. The normalized spacial score (nSPS) is 12.9. The molecule has 0 fully saturated rings. The summed E-state index contributed by atoms with van der Waals surface area (Å²) in [5.74, 6) is -0.0946. The molecule has 1 aromatic carbocycles. The molecule has 124 valence electrons. The second kappa shape index (κ2) is 6.96. The lowest BCUT2D eigenvalue weighted by Gasteiger charge is -2.28. The Labute approximate surface area is 137 Å². The predicted molar refractivity (Wildman–Crippen MR) is 90.2 cm³/mol. The molecule has 1 atom stereocenters. The van der Waals surface area contributed by atoms with Gasteiger partial charge in [0.15, 0.2) is 0 Å². The molecule has 0 aliphatic heterocycles. The number of aliphatic hydroxyl groups is 1. The van der Waals surface area contributed by atoms with Crippen LogP contribution in [0.2, 0.25) is 0 Å². The number of amides is 1. The minimum absolute atomic E-state index is 0.0262. The van der Waals surface area contributed by atoms with Crippen LogP contribution in [0.4, 0.5) is 0 Å². The van der Waals surface area contributed by atoms with E-state index < -0.39 is 0 Å². The van der Waals surface area contributed by atoms with Crippen molar-refractivity contribution in [3.63, 3.8) is 0 Å². The molecule has 2 aromatic rings. The second-order valence-electron chi connectivity index (χ2n) is 6.70. The van der Waals surface area contributed by atoms with Gasteiger partial charge in [-0.15, -0.1) is 0 Å². The smallest absolute Gasteiger partial charge is 0.257 e. The van der Waals surface area contributed by atoms with Crippen molar-refractivity contribution in [2.75, 3.05) is 13.7 Å². The number of hydrogen-bond acceptors (Lipinski definition) is 3. The Morgan fingerprint density at radius 1 is 1.30 bits per heavy atom. The molecule has 0 saturated carbocycles. The number of carbonyl (C=O) groups is 1. The van der Waals surface area contributed by atoms with Gasteiger partial charge in [-0.05, 0) is 32.8 Å². The summed E-state index contributed by atoms with van der Waals surface area (Å²) >= 11 is 0. The Morgan fingerprint density at radius 3 is 2.48 bits per heavy atom. The van der Waals surface area contributed by atoms with E-state index in [0.29, 0.717) is 12.0 Å². The monoisotopic (exact) mass is 315 g/mol. The van der Waals surface area contributed by atoms with Crippen molar-refractivity contribution in [1.82, 2.24) is 14.7 Å². The van der Waals surface area contributed by atoms with Gasteiger partial charge in [-0.1, -0.05) is 30.3 Å². The van der Waals surface area contributed by atoms with Crippen LogP contribution in [-0.2, 0) is 5.54 Å². The average Bonchev–Trinajstić information content (AvgIpc) is 3.02. The molecule has 1 amide bonds. The summed E-state index contributed by atoms with van der Waals surface area (Å²) in [6, 6.07) is 9.61. The van der Waals surface area contributed by atoms with E-state index in [1.165, 1.54) is 0 Å². The zero-order valence-corrected chi connectivity index (χ0v) is 14.2. The van der Waals surface area contributed by atoms with Crippen LogP contribution in [0.15, 0.2) is 42.7 Å². The van der Waals surface area contributed by atoms with E-state index in [1.807, 2.05) is 51.1 Å². The standard InChI is InChI=1S/C18H25N3O2/c1-18(2,3)21-13-15(12-19-21)17(23)20(4)16(10-11-22)14-8-6-5-7-9-14/h5-9,12-13,16,22H,10-11H2,1-4H3. The summed E-state index contributed by atoms with van der Waals surface area (Å²) in [7, 11) is 1.77. The van der Waals surface area contributed by atoms with Crippen molar-refractivity contribution >= 4 is 5.91 Å². The SMILES string of the molecule is CN(C(=O)c1cnn(C(C)(C)C)c1)C(CCO)c1ccccc1. The van der Waals surface area contributed by atoms with Crippen LogP contribution >= 0.6 is 0 Å². The fourth-order valence-electron chi connectivity index (χ4n) is 2.53. The van der Waals surface area contributed by atoms with E-state index in [1.54, 1.807) is 29.0 Å². The van der Waals surface area contributed by atoms with Gasteiger partial charge >= 0.3 is 0 Å². The largest absolute Gasteiger partial charge is 0.396 e. The van der Waals surface area contributed by atoms with E-state index in [4.69, 9.17) is 0 Å². The maximum atomic E-state index is 12.8. The summed E-state index contributed by atoms with van der Waals surface area (Å²) in [5, 5.41) is 13.6. The summed E-state index contributed by atoms with van der Waals surface area (Å²) in [6.45, 7) is 6.14. The maximum absolute atomic E-state index is 12.8. The lowest BCUT2D eigenvalue weighted by atomic mass is 10.0. The first-order valence-corrected chi connectivity index (χ1v) is 7.82. The third kappa shape index (κ3) is 3.99. The van der Waals surface area contributed by atoms with Crippen molar-refractivity contribution in [3.05, 3.63) is 53.9 Å². The molecule has 1 N–H and O–H groups in total. The number of carbonyl (C=O) groups excluding carboxylic acids is 1. The van der Waals surface area contributed by atoms with E-state index in [-0.39, 0.29) is 24.1 Å². The molecule has 5 heteroatoms. The minimum Gasteiger partial charge on any atom is -0.396 e. The van der Waals surface area contributed by atoms with Crippen molar-refractivity contribution < 1.29 is 9.90 Å². The van der Waals surface area contributed by atoms with Crippen molar-refractivity contribution in [3.8, 4) is 0 Å². The molecule has 2 rings (SSSR count). The van der Waals surface area contributed by atoms with Gasteiger partial charge in [0.25, 0.3) is 5.91 Å². The van der Waals surface area contributed by atoms with Crippen molar-refractivity contribution in [2.24, 2.45) is 0 Å². The first-order valence-electron chi connectivity index (χ1n) is 7.82. The molecule has 5 nitrogen and oxygen atoms in total. The third-order valence-corrected chi connectivity index (χ3v) is 3.89. The van der Waals surface area contributed by atoms with Gasteiger partial charge in [-0.2, -0.15) is 5.10 Å². The number of hydrogen-bond donors (Lipinski definition) is 1. The number of aromatic nitrogens is 2. The third-order valence-electron chi connectivity index (χ3n) is 3.89. The lowest BCUT2D eigenvalue weighted by molar-refractivity contribution is 0.0705. The minimum atomic E-state index is -0.166. The molecule has 0 saturated heterocycles. The second-order valence-corrected chi connectivity index (χ2v) is 6.70. The maximum Gasteiger partial charge on any atom is 0.257 e. The highest BCUT2D eigenvalue weighted by Crippen LogP contribution is 2.24. The molecule has 0 aliphatic carbocycles. The fraction of sp³-hybridized carbons (Fsp3) is 0.444. The Balaban J connectivity index is 2.24. The van der Waals surface area contributed by atoms with E-state index in [2.05, 4.69) is 5.10 Å². The molecule has 0 radical (unpaired) electrons. The quantitative estimate of drug-likeness (QED) is 0.923. The van der Waals surface area contributed by atoms with Crippen LogP contribution in [0.5, 0.6) is 0 Å². The van der Waals surface area contributed by atoms with Gasteiger partial charge in [0, 0.05) is 19.9 Å². The summed E-state index contributed by atoms with van der Waals surface area (Å²) in [5.41, 5.74) is 1.41. The van der Waals surface area contributed by atoms with E-state index in [9.17, 15) is 9.90 Å². The highest BCUT2D eigenvalue weighted by Gasteiger charge is 2.24. The molecule has 0 aliphatic rings. The van der Waals surface area contributed by atoms with Crippen LogP contribution in [0.3, 0.4) is 0 Å². The lowest BCUT2D eigenvalue weighted by Crippen LogP contribution is -2.32. The Morgan fingerprint density at radius 2 is 1.96 bits per heavy atom. The van der Waals surface area contributed by atoms with Gasteiger partial charge in [0.1, 0.15) is 0 Å². The number of nitrogens with zero attached hydrogens (tertiary/aromatic N) is 3. The molecule has 0 bridgehead atoms. The highest BCUT2D eigenvalue weighted by atomic mass is 16.3. The van der Waals surface area contributed by atoms with Gasteiger partial charge in [-0.25, -0.2) is 0 Å². The molecular weight excluding hydrogens is 290 g/mol. The first kappa shape index (κ1) is 17.2. The molecule has 1 unspecified atom stereocenters. The van der Waals surface area contributed by atoms with E-state index >= 15 is 0 Å². The Bertz CT molecular complexity index is 644. The molecule has 0 spiro atoms. The molecule has 23 heavy (non-hydrogen) atoms. The summed E-state index contributed by atoms with van der Waals surface area (Å²) in [6.07, 6.45) is 3.88. The zero-order chi connectivity index (χ0) is 17.0. The van der Waals surface area contributed by atoms with E-state index in [0.717, 1.165) is 5.56 Å². The first-order chi connectivity index (χ1) is 10.8. The van der Waals surface area contributed by atoms with Crippen LogP contribution in [0, 0.1) is 0 Å². The van der Waals surface area contributed by atoms with Gasteiger partial charge in [0.2, 0.25) is 0 Å². The fourth-order valence-corrected chi connectivity index (χ4v) is 2.53. The summed E-state index contributed by atoms with van der Waals surface area (Å²) in [4.78, 5) is 14.4. The molecule has 1 aromatic heterocycles. The number of rotatable bonds is 5. The van der Waals surface area contributed by atoms with Crippen LogP contribution < -0.4 is 0 Å². The van der Waals surface area contributed by atoms with Crippen LogP contribution in [0.25, 0.3) is 0 Å². The molecular formula is C18H25N3O2. The van der Waals surface area contributed by atoms with Gasteiger partial charge in [0.05, 0.1) is 23.3 Å². The number of benzene rings is 1. The van der Waals surface area contributed by atoms with Gasteiger partial charge < -0.3 is 10.0 Å². The van der Waals surface area contributed by atoms with Gasteiger partial charge in [-0.3, -0.25) is 9.48 Å². The van der Waals surface area contributed by atoms with Crippen molar-refractivity contribution in [2.45, 2.75) is 38.8 Å². The van der Waals surface area contributed by atoms with Crippen LogP contribution in [0.1, 0.15) is 49.2 Å². The highest BCUT2D eigenvalue weighted by molar-refractivity contribution is 5.93. The van der Waals surface area contributed by atoms with Crippen LogP contribution in [-0.4, -0.2) is 39.3 Å². The number of aliphatic hydroxyl groups excluding tert-OH is 1. The average molecular weight is 315 g/mol. The Hall–Kier alpha value is -2.14. The zero-order valence-electron chi connectivity index (χ0n) is 14.2. The van der Waals surface area contributed by atoms with Crippen molar-refractivity contribution in [1.29, 1.82) is 0 Å². The topological polar surface area (TPSA) is 58.4 Å². The molecule has 1 heterocycles. The Kier molecular flexibility index (Phi) is 5.21. The summed E-state index contributed by atoms with van der Waals surface area (Å²) < 4.78 is 1.79.